The Morgan fingerprint density at radius 1 is 1.00 bits per heavy atom. The maximum atomic E-state index is 12.7. The van der Waals surface area contributed by atoms with Crippen LogP contribution in [0.4, 0.5) is 0 Å². The molecule has 0 aliphatic rings. The van der Waals surface area contributed by atoms with Gasteiger partial charge in [-0.1, -0.05) is 54.6 Å². The van der Waals surface area contributed by atoms with Crippen molar-refractivity contribution in [3.8, 4) is 0 Å². The van der Waals surface area contributed by atoms with Crippen LogP contribution in [0.15, 0.2) is 54.6 Å². The molecule has 0 saturated heterocycles. The topological polar surface area (TPSA) is 29.5 Å². The van der Waals surface area contributed by atoms with E-state index in [0.717, 1.165) is 16.7 Å². The monoisotopic (exact) mass is 297 g/mol. The Labute approximate surface area is 132 Å². The van der Waals surface area contributed by atoms with Crippen LogP contribution in [0.5, 0.6) is 0 Å². The second-order valence-electron chi connectivity index (χ2n) is 5.71. The molecule has 116 valence electrons. The lowest BCUT2D eigenvalue weighted by molar-refractivity contribution is -0.154. The molecule has 0 heterocycles. The van der Waals surface area contributed by atoms with Crippen LogP contribution < -0.4 is 0 Å². The second kappa shape index (κ2) is 7.23. The smallest absolute Gasteiger partial charge is 0.328 e. The number of esters is 1. The number of hydrogen-bond donors (Lipinski definition) is 0. The summed E-state index contributed by atoms with van der Waals surface area (Å²) in [6, 6.07) is 17.3. The van der Waals surface area contributed by atoms with Gasteiger partial charge in [-0.25, -0.2) is 4.79 Å². The SMILES string of the molecule is Cc1ccccc1[C@@H](C(=O)O[C@@H](C)c1ccccc1)N(C)C. The van der Waals surface area contributed by atoms with Gasteiger partial charge in [0.1, 0.15) is 12.1 Å². The van der Waals surface area contributed by atoms with E-state index in [-0.39, 0.29) is 12.1 Å². The fourth-order valence-electron chi connectivity index (χ4n) is 2.54. The van der Waals surface area contributed by atoms with Crippen LogP contribution in [0, 0.1) is 6.92 Å². The van der Waals surface area contributed by atoms with E-state index in [9.17, 15) is 4.79 Å². The Morgan fingerprint density at radius 3 is 2.18 bits per heavy atom. The maximum Gasteiger partial charge on any atom is 0.328 e. The predicted molar refractivity (Wildman–Crippen MR) is 88.6 cm³/mol. The standard InChI is InChI=1S/C19H23NO2/c1-14-10-8-9-13-17(14)18(20(3)4)19(21)22-15(2)16-11-6-5-7-12-16/h5-13,15,18H,1-4H3/t15-,18-/m0/s1. The molecular weight excluding hydrogens is 274 g/mol. The van der Waals surface area contributed by atoms with Crippen molar-refractivity contribution in [1.29, 1.82) is 0 Å². The summed E-state index contributed by atoms with van der Waals surface area (Å²) in [7, 11) is 3.79. The molecule has 2 atom stereocenters. The van der Waals surface area contributed by atoms with E-state index in [1.54, 1.807) is 0 Å². The normalized spacial score (nSPS) is 13.7. The van der Waals surface area contributed by atoms with Gasteiger partial charge >= 0.3 is 5.97 Å². The number of carbonyl (C=O) groups is 1. The van der Waals surface area contributed by atoms with Gasteiger partial charge in [-0.15, -0.1) is 0 Å². The Hall–Kier alpha value is -2.13. The Morgan fingerprint density at radius 2 is 1.59 bits per heavy atom. The molecule has 0 unspecified atom stereocenters. The highest BCUT2D eigenvalue weighted by Crippen LogP contribution is 2.26. The Balaban J connectivity index is 2.19. The molecule has 2 aromatic carbocycles. The quantitative estimate of drug-likeness (QED) is 0.784. The van der Waals surface area contributed by atoms with Crippen LogP contribution in [0.3, 0.4) is 0 Å². The van der Waals surface area contributed by atoms with Gasteiger partial charge in [-0.05, 0) is 44.6 Å². The lowest BCUT2D eigenvalue weighted by atomic mass is 10.0. The van der Waals surface area contributed by atoms with Crippen LogP contribution in [-0.4, -0.2) is 25.0 Å². The lowest BCUT2D eigenvalue weighted by Gasteiger charge is -2.26. The Kier molecular flexibility index (Phi) is 5.34. The van der Waals surface area contributed by atoms with E-state index in [0.29, 0.717) is 0 Å². The molecule has 3 heteroatoms. The molecule has 0 saturated carbocycles. The van der Waals surface area contributed by atoms with Gasteiger partial charge < -0.3 is 4.74 Å². The molecule has 22 heavy (non-hydrogen) atoms. The molecule has 2 rings (SSSR count). The van der Waals surface area contributed by atoms with E-state index < -0.39 is 6.04 Å². The molecule has 0 fully saturated rings. The van der Waals surface area contributed by atoms with Crippen molar-refractivity contribution in [3.63, 3.8) is 0 Å². The first-order valence-electron chi connectivity index (χ1n) is 7.48. The zero-order chi connectivity index (χ0) is 16.1. The van der Waals surface area contributed by atoms with Crippen LogP contribution in [0.1, 0.15) is 35.8 Å². The van der Waals surface area contributed by atoms with Crippen LogP contribution in [-0.2, 0) is 9.53 Å². The van der Waals surface area contributed by atoms with E-state index in [2.05, 4.69) is 0 Å². The Bertz CT molecular complexity index is 622. The average Bonchev–Trinajstić information content (AvgIpc) is 2.50. The lowest BCUT2D eigenvalue weighted by Crippen LogP contribution is -2.30. The number of likely N-dealkylation sites (N-methyl/N-ethyl adjacent to an activating group) is 1. The molecule has 0 aromatic heterocycles. The highest BCUT2D eigenvalue weighted by Gasteiger charge is 2.27. The van der Waals surface area contributed by atoms with E-state index in [4.69, 9.17) is 4.74 Å². The van der Waals surface area contributed by atoms with Crippen LogP contribution >= 0.6 is 0 Å². The first-order chi connectivity index (χ1) is 10.5. The molecule has 0 aliphatic heterocycles. The van der Waals surface area contributed by atoms with Crippen molar-refractivity contribution in [2.24, 2.45) is 0 Å². The number of carbonyl (C=O) groups excluding carboxylic acids is 1. The van der Waals surface area contributed by atoms with Gasteiger partial charge in [-0.2, -0.15) is 0 Å². The summed E-state index contributed by atoms with van der Waals surface area (Å²) in [5.41, 5.74) is 3.07. The molecule has 0 bridgehead atoms. The van der Waals surface area contributed by atoms with Gasteiger partial charge in [-0.3, -0.25) is 4.90 Å². The molecule has 3 nitrogen and oxygen atoms in total. The number of rotatable bonds is 5. The van der Waals surface area contributed by atoms with Crippen LogP contribution in [0.25, 0.3) is 0 Å². The highest BCUT2D eigenvalue weighted by molar-refractivity contribution is 5.78. The third-order valence-electron chi connectivity index (χ3n) is 3.78. The third-order valence-corrected chi connectivity index (χ3v) is 3.78. The molecule has 0 aliphatic carbocycles. The average molecular weight is 297 g/mol. The predicted octanol–water partition coefficient (Wildman–Crippen LogP) is 3.90. The maximum absolute atomic E-state index is 12.7. The van der Waals surface area contributed by atoms with Crippen molar-refractivity contribution >= 4 is 5.97 Å². The number of nitrogens with zero attached hydrogens (tertiary/aromatic N) is 1. The molecule has 0 N–H and O–H groups in total. The fraction of sp³-hybridized carbons (Fsp3) is 0.316. The minimum absolute atomic E-state index is 0.226. The summed E-state index contributed by atoms with van der Waals surface area (Å²) in [4.78, 5) is 14.5. The van der Waals surface area contributed by atoms with Crippen molar-refractivity contribution < 1.29 is 9.53 Å². The van der Waals surface area contributed by atoms with Crippen molar-refractivity contribution in [3.05, 3.63) is 71.3 Å². The van der Waals surface area contributed by atoms with Gasteiger partial charge in [0.15, 0.2) is 0 Å². The first kappa shape index (κ1) is 16.2. The van der Waals surface area contributed by atoms with Gasteiger partial charge in [0.05, 0.1) is 0 Å². The van der Waals surface area contributed by atoms with Crippen LogP contribution in [0.2, 0.25) is 0 Å². The number of hydrogen-bond acceptors (Lipinski definition) is 3. The molecule has 0 spiro atoms. The van der Waals surface area contributed by atoms with E-state index in [1.807, 2.05) is 87.4 Å². The largest absolute Gasteiger partial charge is 0.456 e. The zero-order valence-corrected chi connectivity index (χ0v) is 13.6. The highest BCUT2D eigenvalue weighted by atomic mass is 16.5. The summed E-state index contributed by atoms with van der Waals surface area (Å²) >= 11 is 0. The number of benzene rings is 2. The summed E-state index contributed by atoms with van der Waals surface area (Å²) < 4.78 is 5.69. The summed E-state index contributed by atoms with van der Waals surface area (Å²) in [5.74, 6) is -0.226. The van der Waals surface area contributed by atoms with Crippen molar-refractivity contribution in [1.82, 2.24) is 4.90 Å². The summed E-state index contributed by atoms with van der Waals surface area (Å²) in [5, 5.41) is 0. The molecule has 0 amide bonds. The van der Waals surface area contributed by atoms with Gasteiger partial charge in [0.2, 0.25) is 0 Å². The second-order valence-corrected chi connectivity index (χ2v) is 5.71. The molecule has 0 radical (unpaired) electrons. The fourth-order valence-corrected chi connectivity index (χ4v) is 2.54. The number of aryl methyl sites for hydroxylation is 1. The van der Waals surface area contributed by atoms with Gasteiger partial charge in [0, 0.05) is 0 Å². The first-order valence-corrected chi connectivity index (χ1v) is 7.48. The minimum Gasteiger partial charge on any atom is -0.456 e. The third kappa shape index (κ3) is 3.74. The van der Waals surface area contributed by atoms with E-state index >= 15 is 0 Å². The van der Waals surface area contributed by atoms with Crippen molar-refractivity contribution in [2.45, 2.75) is 26.0 Å². The van der Waals surface area contributed by atoms with Gasteiger partial charge in [0.25, 0.3) is 0 Å². The molecular formula is C19H23NO2. The van der Waals surface area contributed by atoms with Crippen molar-refractivity contribution in [2.75, 3.05) is 14.1 Å². The number of ether oxygens (including phenoxy) is 1. The summed E-state index contributed by atoms with van der Waals surface area (Å²) in [6.07, 6.45) is -0.264. The summed E-state index contributed by atoms with van der Waals surface area (Å²) in [6.45, 7) is 3.91. The minimum atomic E-state index is -0.396. The van der Waals surface area contributed by atoms with E-state index in [1.165, 1.54) is 0 Å². The zero-order valence-electron chi connectivity index (χ0n) is 13.6. The molecule has 2 aromatic rings.